The predicted octanol–water partition coefficient (Wildman–Crippen LogP) is 3.18. The van der Waals surface area contributed by atoms with Crippen LogP contribution in [0, 0.1) is 74.4 Å². The number of hydrogen-bond donors (Lipinski definition) is 0. The van der Waals surface area contributed by atoms with Gasteiger partial charge < -0.3 is 0 Å². The summed E-state index contributed by atoms with van der Waals surface area (Å²) >= 11 is 0. The summed E-state index contributed by atoms with van der Waals surface area (Å²) in [7, 11) is 0. The van der Waals surface area contributed by atoms with Crippen molar-refractivity contribution in [1.82, 2.24) is 0 Å². The summed E-state index contributed by atoms with van der Waals surface area (Å²) in [5.74, 6) is -0.848. The number of rotatable bonds is 9. The molecule has 3 unspecified atom stereocenters. The first-order chi connectivity index (χ1) is 9.71. The number of hydrogen-bond acceptors (Lipinski definition) is 5. The minimum atomic E-state index is -0.413. The van der Waals surface area contributed by atoms with Crippen molar-refractivity contribution in [2.24, 2.45) is 17.8 Å². The maximum absolute atomic E-state index is 9.07. The SMILES string of the molecule is N#CCCCC(C#N)CCC(C#N)CC(C#N)CC#N. The highest BCUT2D eigenvalue weighted by Crippen LogP contribution is 2.23. The van der Waals surface area contributed by atoms with E-state index in [1.54, 1.807) is 0 Å². The quantitative estimate of drug-likeness (QED) is 0.594. The number of nitriles is 5. The van der Waals surface area contributed by atoms with Crippen molar-refractivity contribution in [2.75, 3.05) is 0 Å². The van der Waals surface area contributed by atoms with Crippen LogP contribution in [0.4, 0.5) is 0 Å². The van der Waals surface area contributed by atoms with Crippen LogP contribution in [0.2, 0.25) is 0 Å². The van der Waals surface area contributed by atoms with Crippen molar-refractivity contribution < 1.29 is 0 Å². The Bertz CT molecular complexity index is 477. The molecule has 0 aliphatic heterocycles. The molecule has 0 fully saturated rings. The first-order valence-electron chi connectivity index (χ1n) is 6.64. The smallest absolute Gasteiger partial charge is 0.0667 e. The number of nitrogens with zero attached hydrogens (tertiary/aromatic N) is 5. The molecule has 0 heterocycles. The Hall–Kier alpha value is -2.55. The lowest BCUT2D eigenvalue weighted by atomic mass is 9.87. The average Bonchev–Trinajstić information content (AvgIpc) is 2.48. The van der Waals surface area contributed by atoms with Crippen molar-refractivity contribution in [2.45, 2.75) is 44.9 Å². The number of unbranched alkanes of at least 4 members (excludes halogenated alkanes) is 1. The second-order valence-electron chi connectivity index (χ2n) is 4.70. The molecule has 0 saturated heterocycles. The molecule has 3 atom stereocenters. The van der Waals surface area contributed by atoms with Crippen LogP contribution in [0.5, 0.6) is 0 Å². The molecule has 20 heavy (non-hydrogen) atoms. The van der Waals surface area contributed by atoms with Gasteiger partial charge in [-0.1, -0.05) is 0 Å². The van der Waals surface area contributed by atoms with Gasteiger partial charge in [0, 0.05) is 18.3 Å². The molecule has 0 aromatic carbocycles. The topological polar surface area (TPSA) is 119 Å². The fourth-order valence-electron chi connectivity index (χ4n) is 1.97. The van der Waals surface area contributed by atoms with Crippen LogP contribution in [0.3, 0.4) is 0 Å². The van der Waals surface area contributed by atoms with Gasteiger partial charge in [-0.25, -0.2) is 0 Å². The average molecular weight is 267 g/mol. The normalized spacial score (nSPS) is 13.6. The molecular weight excluding hydrogens is 250 g/mol. The zero-order valence-corrected chi connectivity index (χ0v) is 11.4. The summed E-state index contributed by atoms with van der Waals surface area (Å²) in [5.41, 5.74) is 0. The van der Waals surface area contributed by atoms with Gasteiger partial charge in [0.1, 0.15) is 0 Å². The zero-order chi connectivity index (χ0) is 15.2. The van der Waals surface area contributed by atoms with Gasteiger partial charge in [0.2, 0.25) is 0 Å². The Labute approximate surface area is 120 Å². The summed E-state index contributed by atoms with van der Waals surface area (Å²) < 4.78 is 0. The molecule has 0 radical (unpaired) electrons. The van der Waals surface area contributed by atoms with Crippen LogP contribution in [0.25, 0.3) is 0 Å². The third-order valence-electron chi connectivity index (χ3n) is 3.16. The van der Waals surface area contributed by atoms with E-state index in [0.29, 0.717) is 38.5 Å². The molecular formula is C15H17N5. The van der Waals surface area contributed by atoms with E-state index < -0.39 is 5.92 Å². The standard InChI is InChI=1S/C15H17N5/c16-7-2-1-3-13(10-18)4-5-14(11-19)9-15(12-20)6-8-17/h13-15H,1-6,9H2. The molecule has 0 spiro atoms. The van der Waals surface area contributed by atoms with Gasteiger partial charge in [0.15, 0.2) is 0 Å². The first-order valence-corrected chi connectivity index (χ1v) is 6.64. The van der Waals surface area contributed by atoms with E-state index in [1.807, 2.05) is 18.2 Å². The highest BCUT2D eigenvalue weighted by molar-refractivity contribution is 4.96. The van der Waals surface area contributed by atoms with Crippen molar-refractivity contribution in [3.05, 3.63) is 0 Å². The van der Waals surface area contributed by atoms with Gasteiger partial charge in [0.05, 0.1) is 42.7 Å². The molecule has 0 N–H and O–H groups in total. The van der Waals surface area contributed by atoms with Crippen molar-refractivity contribution in [1.29, 1.82) is 26.3 Å². The maximum Gasteiger partial charge on any atom is 0.0667 e. The molecule has 0 aromatic heterocycles. The summed E-state index contributed by atoms with van der Waals surface area (Å²) in [4.78, 5) is 0. The van der Waals surface area contributed by atoms with Crippen molar-refractivity contribution >= 4 is 0 Å². The molecule has 5 heteroatoms. The Balaban J connectivity index is 4.21. The summed E-state index contributed by atoms with van der Waals surface area (Å²) in [5, 5.41) is 44.0. The minimum absolute atomic E-state index is 0.137. The van der Waals surface area contributed by atoms with E-state index in [1.165, 1.54) is 0 Å². The highest BCUT2D eigenvalue weighted by atomic mass is 14.3. The molecule has 5 nitrogen and oxygen atoms in total. The van der Waals surface area contributed by atoms with Gasteiger partial charge in [-0.15, -0.1) is 0 Å². The lowest BCUT2D eigenvalue weighted by molar-refractivity contribution is 0.423. The molecule has 0 rings (SSSR count). The molecule has 0 aliphatic rings. The largest absolute Gasteiger partial charge is 0.198 e. The van der Waals surface area contributed by atoms with Crippen LogP contribution in [0.1, 0.15) is 44.9 Å². The third kappa shape index (κ3) is 7.71. The predicted molar refractivity (Wildman–Crippen MR) is 70.9 cm³/mol. The van der Waals surface area contributed by atoms with Crippen LogP contribution in [-0.2, 0) is 0 Å². The Kier molecular flexibility index (Phi) is 10.1. The summed E-state index contributed by atoms with van der Waals surface area (Å²) in [6, 6.07) is 10.4. The second-order valence-corrected chi connectivity index (χ2v) is 4.70. The molecule has 0 saturated carbocycles. The van der Waals surface area contributed by atoms with E-state index >= 15 is 0 Å². The van der Waals surface area contributed by atoms with Crippen molar-refractivity contribution in [3.63, 3.8) is 0 Å². The van der Waals surface area contributed by atoms with E-state index in [4.69, 9.17) is 26.3 Å². The monoisotopic (exact) mass is 267 g/mol. The molecule has 102 valence electrons. The molecule has 0 bridgehead atoms. The Morgan fingerprint density at radius 2 is 1.25 bits per heavy atom. The fourth-order valence-corrected chi connectivity index (χ4v) is 1.97. The van der Waals surface area contributed by atoms with Gasteiger partial charge >= 0.3 is 0 Å². The fraction of sp³-hybridized carbons (Fsp3) is 0.667. The van der Waals surface area contributed by atoms with Gasteiger partial charge in [0.25, 0.3) is 0 Å². The minimum Gasteiger partial charge on any atom is -0.198 e. The van der Waals surface area contributed by atoms with E-state index in [0.717, 1.165) is 0 Å². The van der Waals surface area contributed by atoms with E-state index in [2.05, 4.69) is 12.1 Å². The summed E-state index contributed by atoms with van der Waals surface area (Å²) in [6.45, 7) is 0. The van der Waals surface area contributed by atoms with Crippen LogP contribution in [0.15, 0.2) is 0 Å². The first kappa shape index (κ1) is 17.4. The molecule has 0 aliphatic carbocycles. The lowest BCUT2D eigenvalue weighted by Gasteiger charge is -2.13. The maximum atomic E-state index is 9.07. The van der Waals surface area contributed by atoms with Crippen molar-refractivity contribution in [3.8, 4) is 30.3 Å². The van der Waals surface area contributed by atoms with Gasteiger partial charge in [-0.3, -0.25) is 0 Å². The third-order valence-corrected chi connectivity index (χ3v) is 3.16. The molecule has 0 amide bonds. The van der Waals surface area contributed by atoms with Gasteiger partial charge in [-0.05, 0) is 32.1 Å². The molecule has 0 aromatic rings. The Morgan fingerprint density at radius 3 is 1.75 bits per heavy atom. The van der Waals surface area contributed by atoms with E-state index in [-0.39, 0.29) is 18.3 Å². The highest BCUT2D eigenvalue weighted by Gasteiger charge is 2.18. The summed E-state index contributed by atoms with van der Waals surface area (Å²) in [6.07, 6.45) is 3.49. The zero-order valence-electron chi connectivity index (χ0n) is 11.4. The van der Waals surface area contributed by atoms with Crippen LogP contribution in [-0.4, -0.2) is 0 Å². The van der Waals surface area contributed by atoms with Crippen LogP contribution >= 0.6 is 0 Å². The second kappa shape index (κ2) is 11.5. The van der Waals surface area contributed by atoms with Crippen LogP contribution < -0.4 is 0 Å². The van der Waals surface area contributed by atoms with E-state index in [9.17, 15) is 0 Å². The van der Waals surface area contributed by atoms with Gasteiger partial charge in [-0.2, -0.15) is 26.3 Å². The lowest BCUT2D eigenvalue weighted by Crippen LogP contribution is -2.08. The Morgan fingerprint density at radius 1 is 0.650 bits per heavy atom.